The summed E-state index contributed by atoms with van der Waals surface area (Å²) in [5, 5.41) is 1.99. The van der Waals surface area contributed by atoms with Crippen molar-refractivity contribution >= 4 is 29.1 Å². The fourth-order valence-electron chi connectivity index (χ4n) is 2.17. The van der Waals surface area contributed by atoms with E-state index in [-0.39, 0.29) is 30.8 Å². The molecule has 0 spiro atoms. The van der Waals surface area contributed by atoms with E-state index in [1.165, 1.54) is 7.11 Å². The zero-order chi connectivity index (χ0) is 13.8. The van der Waals surface area contributed by atoms with Crippen molar-refractivity contribution in [1.29, 1.82) is 0 Å². The van der Waals surface area contributed by atoms with Gasteiger partial charge in [0, 0.05) is 11.4 Å². The summed E-state index contributed by atoms with van der Waals surface area (Å²) in [6.45, 7) is 0. The Morgan fingerprint density at radius 3 is 2.40 bits per heavy atom. The fraction of sp³-hybridized carbons (Fsp3) is 0.267. The van der Waals surface area contributed by atoms with Crippen LogP contribution in [0.4, 0.5) is 0 Å². The maximum Gasteiger partial charge on any atom is 0.307 e. The highest BCUT2D eigenvalue weighted by molar-refractivity contribution is 5.91. The third kappa shape index (κ3) is 3.21. The minimum Gasteiger partial charge on any atom is -0.496 e. The summed E-state index contributed by atoms with van der Waals surface area (Å²) in [5.41, 5.74) is 7.01. The van der Waals surface area contributed by atoms with Gasteiger partial charge in [0.1, 0.15) is 5.75 Å². The van der Waals surface area contributed by atoms with Gasteiger partial charge in [-0.05, 0) is 17.0 Å². The van der Waals surface area contributed by atoms with Crippen molar-refractivity contribution in [2.24, 2.45) is 5.73 Å². The molecular weight excluding hydrogens is 278 g/mol. The van der Waals surface area contributed by atoms with Gasteiger partial charge in [0.25, 0.3) is 0 Å². The molecule has 20 heavy (non-hydrogen) atoms. The maximum absolute atomic E-state index is 11.3. The third-order valence-electron chi connectivity index (χ3n) is 3.15. The Morgan fingerprint density at radius 1 is 1.15 bits per heavy atom. The first-order valence-electron chi connectivity index (χ1n) is 6.05. The molecule has 0 saturated heterocycles. The predicted molar refractivity (Wildman–Crippen MR) is 81.3 cm³/mol. The van der Waals surface area contributed by atoms with E-state index >= 15 is 0 Å². The molecule has 2 rings (SSSR count). The van der Waals surface area contributed by atoms with Gasteiger partial charge in [-0.3, -0.25) is 4.79 Å². The maximum atomic E-state index is 11.3. The zero-order valence-corrected chi connectivity index (χ0v) is 12.3. The Kier molecular flexibility index (Phi) is 5.80. The van der Waals surface area contributed by atoms with Crippen LogP contribution in [0.15, 0.2) is 36.4 Å². The Labute approximate surface area is 124 Å². The summed E-state index contributed by atoms with van der Waals surface area (Å²) < 4.78 is 9.99. The molecule has 2 N–H and O–H groups in total. The van der Waals surface area contributed by atoms with Crippen LogP contribution < -0.4 is 10.5 Å². The second kappa shape index (κ2) is 7.12. The minimum absolute atomic E-state index is 0. The Hall–Kier alpha value is -1.78. The van der Waals surface area contributed by atoms with Gasteiger partial charge < -0.3 is 15.2 Å². The van der Waals surface area contributed by atoms with Crippen molar-refractivity contribution in [1.82, 2.24) is 0 Å². The second-order valence-corrected chi connectivity index (χ2v) is 4.29. The monoisotopic (exact) mass is 295 g/mol. The minimum atomic E-state index is -0.386. The van der Waals surface area contributed by atoms with E-state index in [0.29, 0.717) is 0 Å². The number of carbonyl (C=O) groups is 1. The summed E-state index contributed by atoms with van der Waals surface area (Å²) in [6, 6.07) is 11.2. The predicted octanol–water partition coefficient (Wildman–Crippen LogP) is 2.83. The van der Waals surface area contributed by atoms with Crippen LogP contribution in [0.1, 0.15) is 18.0 Å². The van der Waals surface area contributed by atoms with Gasteiger partial charge in [-0.15, -0.1) is 12.4 Å². The molecule has 5 heteroatoms. The number of nitrogens with two attached hydrogens (primary N) is 1. The van der Waals surface area contributed by atoms with Crippen molar-refractivity contribution in [3.63, 3.8) is 0 Å². The average molecular weight is 296 g/mol. The number of benzene rings is 2. The number of halogens is 1. The van der Waals surface area contributed by atoms with Crippen LogP contribution >= 0.6 is 12.4 Å². The number of esters is 1. The smallest absolute Gasteiger partial charge is 0.307 e. The Morgan fingerprint density at radius 2 is 1.80 bits per heavy atom. The molecule has 0 bridgehead atoms. The molecule has 0 unspecified atom stereocenters. The molecule has 0 amide bonds. The Balaban J connectivity index is 0.00000200. The average Bonchev–Trinajstić information content (AvgIpc) is 2.45. The molecular formula is C15H18ClNO3. The van der Waals surface area contributed by atoms with Crippen LogP contribution in [-0.2, 0) is 9.53 Å². The van der Waals surface area contributed by atoms with Crippen molar-refractivity contribution in [2.45, 2.75) is 12.5 Å². The van der Waals surface area contributed by atoms with Crippen LogP contribution in [0, 0.1) is 0 Å². The molecule has 0 aliphatic rings. The summed E-state index contributed by atoms with van der Waals surface area (Å²) in [5.74, 6) is 0.483. The molecule has 0 aliphatic carbocycles. The van der Waals surface area contributed by atoms with Gasteiger partial charge in [0.15, 0.2) is 0 Å². The first-order valence-corrected chi connectivity index (χ1v) is 6.05. The highest BCUT2D eigenvalue weighted by atomic mass is 35.5. The summed E-state index contributed by atoms with van der Waals surface area (Å²) >= 11 is 0. The van der Waals surface area contributed by atoms with Crippen LogP contribution in [0.2, 0.25) is 0 Å². The van der Waals surface area contributed by atoms with Gasteiger partial charge in [0.05, 0.1) is 20.6 Å². The number of hydrogen-bond donors (Lipinski definition) is 1. The van der Waals surface area contributed by atoms with Gasteiger partial charge >= 0.3 is 5.97 Å². The molecule has 0 saturated carbocycles. The molecule has 0 radical (unpaired) electrons. The number of hydrogen-bond acceptors (Lipinski definition) is 4. The van der Waals surface area contributed by atoms with E-state index in [2.05, 4.69) is 4.74 Å². The SMILES string of the molecule is COC(=O)C[C@@H](N)c1ccc(OC)c2ccccc12.Cl. The van der Waals surface area contributed by atoms with Crippen molar-refractivity contribution in [3.05, 3.63) is 42.0 Å². The molecule has 1 atom stereocenters. The van der Waals surface area contributed by atoms with Crippen LogP contribution in [0.3, 0.4) is 0 Å². The van der Waals surface area contributed by atoms with Crippen LogP contribution in [0.5, 0.6) is 5.75 Å². The molecule has 108 valence electrons. The normalized spacial score (nSPS) is 11.6. The summed E-state index contributed by atoms with van der Waals surface area (Å²) in [6.07, 6.45) is 0.160. The van der Waals surface area contributed by atoms with Gasteiger partial charge in [-0.1, -0.05) is 30.3 Å². The first kappa shape index (κ1) is 16.3. The van der Waals surface area contributed by atoms with E-state index in [0.717, 1.165) is 22.1 Å². The van der Waals surface area contributed by atoms with Crippen molar-refractivity contribution in [2.75, 3.05) is 14.2 Å². The Bertz CT molecular complexity index is 601. The lowest BCUT2D eigenvalue weighted by molar-refractivity contribution is -0.141. The van der Waals surface area contributed by atoms with E-state index in [1.807, 2.05) is 36.4 Å². The van der Waals surface area contributed by atoms with E-state index < -0.39 is 0 Å². The van der Waals surface area contributed by atoms with Crippen LogP contribution in [-0.4, -0.2) is 20.2 Å². The molecule has 0 heterocycles. The number of methoxy groups -OCH3 is 2. The van der Waals surface area contributed by atoms with Gasteiger partial charge in [0.2, 0.25) is 0 Å². The van der Waals surface area contributed by atoms with Crippen molar-refractivity contribution < 1.29 is 14.3 Å². The molecule has 0 aliphatic heterocycles. The molecule has 2 aromatic carbocycles. The van der Waals surface area contributed by atoms with E-state index in [1.54, 1.807) is 7.11 Å². The highest BCUT2D eigenvalue weighted by Crippen LogP contribution is 2.31. The zero-order valence-electron chi connectivity index (χ0n) is 11.5. The third-order valence-corrected chi connectivity index (χ3v) is 3.15. The molecule has 2 aromatic rings. The lowest BCUT2D eigenvalue weighted by atomic mass is 9.97. The molecule has 0 fully saturated rings. The number of carbonyl (C=O) groups excluding carboxylic acids is 1. The largest absolute Gasteiger partial charge is 0.496 e. The lowest BCUT2D eigenvalue weighted by Gasteiger charge is -2.15. The number of rotatable bonds is 4. The summed E-state index contributed by atoms with van der Waals surface area (Å²) in [7, 11) is 3.00. The summed E-state index contributed by atoms with van der Waals surface area (Å²) in [4.78, 5) is 11.3. The number of fused-ring (bicyclic) bond motifs is 1. The van der Waals surface area contributed by atoms with Gasteiger partial charge in [-0.2, -0.15) is 0 Å². The topological polar surface area (TPSA) is 61.5 Å². The van der Waals surface area contributed by atoms with Gasteiger partial charge in [-0.25, -0.2) is 0 Å². The van der Waals surface area contributed by atoms with E-state index in [4.69, 9.17) is 10.5 Å². The lowest BCUT2D eigenvalue weighted by Crippen LogP contribution is -2.16. The first-order chi connectivity index (χ1) is 9.17. The standard InChI is InChI=1S/C15H17NO3.ClH/c1-18-14-8-7-11(13(16)9-15(17)19-2)10-5-3-4-6-12(10)14;/h3-8,13H,9,16H2,1-2H3;1H/t13-;/m1./s1. The fourth-order valence-corrected chi connectivity index (χ4v) is 2.17. The molecule has 0 aromatic heterocycles. The second-order valence-electron chi connectivity index (χ2n) is 4.29. The van der Waals surface area contributed by atoms with E-state index in [9.17, 15) is 4.79 Å². The van der Waals surface area contributed by atoms with Crippen molar-refractivity contribution in [3.8, 4) is 5.75 Å². The number of ether oxygens (including phenoxy) is 2. The quantitative estimate of drug-likeness (QED) is 0.881. The van der Waals surface area contributed by atoms with Crippen LogP contribution in [0.25, 0.3) is 10.8 Å². The highest BCUT2D eigenvalue weighted by Gasteiger charge is 2.15. The molecule has 4 nitrogen and oxygen atoms in total.